The summed E-state index contributed by atoms with van der Waals surface area (Å²) in [6.07, 6.45) is 0. The highest BCUT2D eigenvalue weighted by Crippen LogP contribution is 2.39. The molecule has 8 heteroatoms. The van der Waals surface area contributed by atoms with Crippen LogP contribution in [0, 0.1) is 20.8 Å². The number of benzene rings is 5. The van der Waals surface area contributed by atoms with E-state index in [1.165, 1.54) is 4.90 Å². The molecule has 5 aromatic rings. The number of fused-ring (bicyclic) bond motifs is 2. The molecule has 2 heterocycles. The zero-order valence-corrected chi connectivity index (χ0v) is 27.1. The number of anilines is 1. The second kappa shape index (κ2) is 11.3. The number of hydrogen-bond acceptors (Lipinski definition) is 6. The van der Waals surface area contributed by atoms with Gasteiger partial charge in [-0.3, -0.25) is 24.5 Å². The van der Waals surface area contributed by atoms with Crippen LogP contribution in [0.15, 0.2) is 97.1 Å². The van der Waals surface area contributed by atoms with Crippen molar-refractivity contribution in [2.75, 3.05) is 4.90 Å². The first-order chi connectivity index (χ1) is 22.9. The van der Waals surface area contributed by atoms with Crippen molar-refractivity contribution in [1.29, 1.82) is 0 Å². The first-order valence-electron chi connectivity index (χ1n) is 15.6. The number of nitrogens with zero attached hydrogens (tertiary/aromatic N) is 1. The van der Waals surface area contributed by atoms with E-state index in [1.807, 2.05) is 63.2 Å². The molecule has 2 aliphatic heterocycles. The molecule has 0 unspecified atom stereocenters. The Labute approximate surface area is 277 Å². The number of carbonyl (C=O) groups is 4. The van der Waals surface area contributed by atoms with Crippen LogP contribution in [0.3, 0.4) is 0 Å². The molecule has 4 amide bonds. The average Bonchev–Trinajstić information content (AvgIpc) is 3.48. The van der Waals surface area contributed by atoms with Gasteiger partial charge in [0.05, 0.1) is 27.9 Å². The molecule has 0 saturated heterocycles. The molecule has 1 N–H and O–H groups in total. The zero-order chi connectivity index (χ0) is 33.9. The van der Waals surface area contributed by atoms with Gasteiger partial charge in [-0.2, -0.15) is 0 Å². The topological polar surface area (TPSA) is 102 Å². The van der Waals surface area contributed by atoms with Crippen LogP contribution in [-0.2, 0) is 5.41 Å². The van der Waals surface area contributed by atoms with Crippen LogP contribution in [0.5, 0.6) is 23.0 Å². The largest absolute Gasteiger partial charge is 0.457 e. The van der Waals surface area contributed by atoms with E-state index in [0.717, 1.165) is 27.8 Å². The lowest BCUT2D eigenvalue weighted by molar-refractivity contribution is 0.0874. The van der Waals surface area contributed by atoms with Crippen molar-refractivity contribution in [2.45, 2.75) is 40.0 Å². The summed E-state index contributed by atoms with van der Waals surface area (Å²) in [5.41, 5.74) is 6.49. The Balaban J connectivity index is 1.08. The molecule has 0 spiro atoms. The monoisotopic (exact) mass is 636 g/mol. The van der Waals surface area contributed by atoms with Crippen molar-refractivity contribution in [2.24, 2.45) is 0 Å². The predicted molar refractivity (Wildman–Crippen MR) is 182 cm³/mol. The highest BCUT2D eigenvalue weighted by Gasteiger charge is 2.37. The summed E-state index contributed by atoms with van der Waals surface area (Å²) >= 11 is 0. The molecule has 0 aliphatic carbocycles. The van der Waals surface area contributed by atoms with Crippen LogP contribution in [-0.4, -0.2) is 23.6 Å². The molecule has 2 aliphatic rings. The highest BCUT2D eigenvalue weighted by molar-refractivity contribution is 6.34. The minimum atomic E-state index is -0.425. The number of aryl methyl sites for hydroxylation is 3. The maximum atomic E-state index is 13.3. The third-order valence-corrected chi connectivity index (χ3v) is 9.04. The Morgan fingerprint density at radius 1 is 0.562 bits per heavy atom. The van der Waals surface area contributed by atoms with Gasteiger partial charge in [0.1, 0.15) is 23.0 Å². The van der Waals surface area contributed by atoms with Crippen LogP contribution in [0.25, 0.3) is 0 Å². The SMILES string of the molecule is Cc1cccc(N2C(=O)c3ccc(Oc4ccc(C(C)(C)c5cc(C)c(Oc6ccc7c(c6)C(=O)NC7=O)c(C)c5)cc4)cc3C2=O)c1. The Kier molecular flexibility index (Phi) is 7.24. The van der Waals surface area contributed by atoms with Crippen molar-refractivity contribution in [3.63, 3.8) is 0 Å². The van der Waals surface area contributed by atoms with Crippen LogP contribution in [0.2, 0.25) is 0 Å². The van der Waals surface area contributed by atoms with Gasteiger partial charge in [-0.15, -0.1) is 0 Å². The standard InChI is InChI=1S/C40H32N2O6/c1-22-7-6-8-27(17-22)42-38(45)32-16-14-29(21-34(32)39(42)46)47-28-11-9-25(10-12-28)40(4,5)26-18-23(2)35(24(3)19-26)48-30-13-15-31-33(20-30)37(44)41-36(31)43/h6-21H,1-5H3,(H,41,43,44). The van der Waals surface area contributed by atoms with E-state index in [9.17, 15) is 19.2 Å². The maximum Gasteiger partial charge on any atom is 0.266 e. The summed E-state index contributed by atoms with van der Waals surface area (Å²) in [6, 6.07) is 29.2. The van der Waals surface area contributed by atoms with Gasteiger partial charge in [-0.1, -0.05) is 50.2 Å². The fraction of sp³-hybridized carbons (Fsp3) is 0.150. The van der Waals surface area contributed by atoms with Gasteiger partial charge in [-0.25, -0.2) is 4.90 Å². The summed E-state index contributed by atoms with van der Waals surface area (Å²) < 4.78 is 12.3. The van der Waals surface area contributed by atoms with Gasteiger partial charge in [0.15, 0.2) is 0 Å². The van der Waals surface area contributed by atoms with Crippen molar-refractivity contribution >= 4 is 29.3 Å². The molecule has 48 heavy (non-hydrogen) atoms. The fourth-order valence-electron chi connectivity index (χ4n) is 6.33. The third-order valence-electron chi connectivity index (χ3n) is 9.04. The van der Waals surface area contributed by atoms with E-state index < -0.39 is 11.8 Å². The molecule has 0 fully saturated rings. The van der Waals surface area contributed by atoms with Crippen LogP contribution in [0.1, 0.15) is 83.1 Å². The van der Waals surface area contributed by atoms with Crippen molar-refractivity contribution in [3.8, 4) is 23.0 Å². The molecule has 238 valence electrons. The third kappa shape index (κ3) is 5.21. The van der Waals surface area contributed by atoms with E-state index in [-0.39, 0.29) is 17.2 Å². The van der Waals surface area contributed by atoms with Gasteiger partial charge in [0, 0.05) is 5.41 Å². The predicted octanol–water partition coefficient (Wildman–Crippen LogP) is 8.21. The fourth-order valence-corrected chi connectivity index (χ4v) is 6.33. The Bertz CT molecular complexity index is 2180. The van der Waals surface area contributed by atoms with E-state index in [2.05, 4.69) is 31.3 Å². The second-order valence-electron chi connectivity index (χ2n) is 12.8. The molecule has 5 aromatic carbocycles. The van der Waals surface area contributed by atoms with Gasteiger partial charge < -0.3 is 9.47 Å². The van der Waals surface area contributed by atoms with Crippen LogP contribution < -0.4 is 19.7 Å². The first kappa shape index (κ1) is 30.6. The van der Waals surface area contributed by atoms with E-state index in [1.54, 1.807) is 42.5 Å². The number of hydrogen-bond donors (Lipinski definition) is 1. The number of imide groups is 2. The number of ether oxygens (including phenoxy) is 2. The number of nitrogens with one attached hydrogen (secondary N) is 1. The van der Waals surface area contributed by atoms with E-state index >= 15 is 0 Å². The number of amides is 4. The normalized spacial score (nSPS) is 13.8. The summed E-state index contributed by atoms with van der Waals surface area (Å²) in [6.45, 7) is 10.2. The summed E-state index contributed by atoms with van der Waals surface area (Å²) in [5.74, 6) is 0.692. The summed E-state index contributed by atoms with van der Waals surface area (Å²) in [4.78, 5) is 51.6. The molecule has 0 saturated carbocycles. The van der Waals surface area contributed by atoms with Crippen molar-refractivity contribution in [3.05, 3.63) is 147 Å². The Morgan fingerprint density at radius 3 is 1.83 bits per heavy atom. The smallest absolute Gasteiger partial charge is 0.266 e. The molecule has 0 radical (unpaired) electrons. The second-order valence-corrected chi connectivity index (χ2v) is 12.8. The van der Waals surface area contributed by atoms with Crippen LogP contribution >= 0.6 is 0 Å². The molecular weight excluding hydrogens is 604 g/mol. The molecule has 0 atom stereocenters. The van der Waals surface area contributed by atoms with Gasteiger partial charge >= 0.3 is 0 Å². The lowest BCUT2D eigenvalue weighted by Crippen LogP contribution is -2.29. The Morgan fingerprint density at radius 2 is 1.15 bits per heavy atom. The lowest BCUT2D eigenvalue weighted by atomic mass is 9.77. The zero-order valence-electron chi connectivity index (χ0n) is 27.1. The summed E-state index contributed by atoms with van der Waals surface area (Å²) in [5, 5.41) is 2.30. The van der Waals surface area contributed by atoms with Gasteiger partial charge in [-0.05, 0) is 109 Å². The number of carbonyl (C=O) groups excluding carboxylic acids is 4. The molecule has 0 bridgehead atoms. The quantitative estimate of drug-likeness (QED) is 0.181. The summed E-state index contributed by atoms with van der Waals surface area (Å²) in [7, 11) is 0. The van der Waals surface area contributed by atoms with Crippen molar-refractivity contribution < 1.29 is 28.7 Å². The molecule has 0 aromatic heterocycles. The molecule has 8 nitrogen and oxygen atoms in total. The van der Waals surface area contributed by atoms with E-state index in [0.29, 0.717) is 50.9 Å². The van der Waals surface area contributed by atoms with Gasteiger partial charge in [0.25, 0.3) is 23.6 Å². The lowest BCUT2D eigenvalue weighted by Gasteiger charge is -2.28. The van der Waals surface area contributed by atoms with Crippen LogP contribution in [0.4, 0.5) is 5.69 Å². The Hall–Kier alpha value is -6.02. The minimum absolute atomic E-state index is 0.308. The number of rotatable bonds is 7. The van der Waals surface area contributed by atoms with E-state index in [4.69, 9.17) is 9.47 Å². The minimum Gasteiger partial charge on any atom is -0.457 e. The molecular formula is C40H32N2O6. The maximum absolute atomic E-state index is 13.3. The van der Waals surface area contributed by atoms with Gasteiger partial charge in [0.2, 0.25) is 0 Å². The van der Waals surface area contributed by atoms with Crippen molar-refractivity contribution in [1.82, 2.24) is 5.32 Å². The average molecular weight is 637 g/mol. The molecule has 7 rings (SSSR count). The first-order valence-corrected chi connectivity index (χ1v) is 15.6. The highest BCUT2D eigenvalue weighted by atomic mass is 16.5.